The van der Waals surface area contributed by atoms with Gasteiger partial charge < -0.3 is 5.11 Å². The first kappa shape index (κ1) is 11.2. The second-order valence-corrected chi connectivity index (χ2v) is 5.48. The Labute approximate surface area is 99.6 Å². The molecule has 1 saturated carbocycles. The Morgan fingerprint density at radius 3 is 2.47 bits per heavy atom. The van der Waals surface area contributed by atoms with Crippen LogP contribution in [0.4, 0.5) is 0 Å². The van der Waals surface area contributed by atoms with Gasteiger partial charge in [-0.25, -0.2) is 0 Å². The summed E-state index contributed by atoms with van der Waals surface area (Å²) in [6.45, 7) is 2.25. The van der Waals surface area contributed by atoms with Crippen LogP contribution in [0.2, 0.25) is 0 Å². The molecule has 1 aromatic rings. The van der Waals surface area contributed by atoms with Crippen LogP contribution in [-0.2, 0) is 0 Å². The molecular formula is C13H17BrO. The van der Waals surface area contributed by atoms with Crippen LogP contribution in [0, 0.1) is 11.8 Å². The van der Waals surface area contributed by atoms with Gasteiger partial charge in [-0.05, 0) is 36.0 Å². The van der Waals surface area contributed by atoms with Crippen molar-refractivity contribution in [3.63, 3.8) is 0 Å². The van der Waals surface area contributed by atoms with Crippen LogP contribution >= 0.6 is 15.9 Å². The molecule has 1 aromatic carbocycles. The highest BCUT2D eigenvalue weighted by Gasteiger charge is 2.30. The minimum atomic E-state index is -0.282. The summed E-state index contributed by atoms with van der Waals surface area (Å²) >= 11 is 3.41. The van der Waals surface area contributed by atoms with E-state index in [9.17, 15) is 5.11 Å². The van der Waals surface area contributed by atoms with Crippen molar-refractivity contribution in [1.82, 2.24) is 0 Å². The van der Waals surface area contributed by atoms with Crippen LogP contribution in [0.15, 0.2) is 28.7 Å². The molecule has 0 saturated heterocycles. The first-order valence-electron chi connectivity index (χ1n) is 5.62. The Hall–Kier alpha value is -0.340. The van der Waals surface area contributed by atoms with E-state index in [1.807, 2.05) is 24.3 Å². The Bertz CT molecular complexity index is 320. The number of hydrogen-bond acceptors (Lipinski definition) is 1. The van der Waals surface area contributed by atoms with Gasteiger partial charge in [-0.1, -0.05) is 47.8 Å². The number of aliphatic hydroxyl groups excluding tert-OH is 1. The van der Waals surface area contributed by atoms with E-state index >= 15 is 0 Å². The molecule has 3 unspecified atom stereocenters. The van der Waals surface area contributed by atoms with Crippen molar-refractivity contribution < 1.29 is 5.11 Å². The Kier molecular flexibility index (Phi) is 3.47. The summed E-state index contributed by atoms with van der Waals surface area (Å²) in [4.78, 5) is 0. The molecule has 3 atom stereocenters. The molecule has 1 fully saturated rings. The fraction of sp³-hybridized carbons (Fsp3) is 0.538. The standard InChI is InChI=1S/C13H17BrO/c1-9-3-2-4-12(9)13(15)10-5-7-11(14)8-6-10/h5-9,12-13,15H,2-4H2,1H3. The van der Waals surface area contributed by atoms with Crippen molar-refractivity contribution in [2.45, 2.75) is 32.3 Å². The lowest BCUT2D eigenvalue weighted by Crippen LogP contribution is -2.14. The predicted octanol–water partition coefficient (Wildman–Crippen LogP) is 3.92. The van der Waals surface area contributed by atoms with Crippen molar-refractivity contribution in [3.05, 3.63) is 34.3 Å². The van der Waals surface area contributed by atoms with E-state index < -0.39 is 0 Å². The molecule has 0 heterocycles. The molecule has 82 valence electrons. The minimum absolute atomic E-state index is 0.282. The summed E-state index contributed by atoms with van der Waals surface area (Å²) in [6, 6.07) is 8.02. The summed E-state index contributed by atoms with van der Waals surface area (Å²) in [5.74, 6) is 1.11. The highest BCUT2D eigenvalue weighted by Crippen LogP contribution is 2.39. The highest BCUT2D eigenvalue weighted by molar-refractivity contribution is 9.10. The topological polar surface area (TPSA) is 20.2 Å². The number of aliphatic hydroxyl groups is 1. The molecule has 0 aliphatic heterocycles. The van der Waals surface area contributed by atoms with Gasteiger partial charge in [0.2, 0.25) is 0 Å². The Morgan fingerprint density at radius 1 is 1.27 bits per heavy atom. The van der Waals surface area contributed by atoms with E-state index in [4.69, 9.17) is 0 Å². The first-order chi connectivity index (χ1) is 7.18. The number of benzene rings is 1. The van der Waals surface area contributed by atoms with Crippen LogP contribution in [-0.4, -0.2) is 5.11 Å². The second-order valence-electron chi connectivity index (χ2n) is 4.57. The fourth-order valence-electron chi connectivity index (χ4n) is 2.55. The van der Waals surface area contributed by atoms with Gasteiger partial charge in [0.1, 0.15) is 0 Å². The van der Waals surface area contributed by atoms with Gasteiger partial charge in [0.15, 0.2) is 0 Å². The van der Waals surface area contributed by atoms with E-state index in [-0.39, 0.29) is 6.10 Å². The molecular weight excluding hydrogens is 252 g/mol. The summed E-state index contributed by atoms with van der Waals surface area (Å²) in [7, 11) is 0. The fourth-order valence-corrected chi connectivity index (χ4v) is 2.81. The smallest absolute Gasteiger partial charge is 0.0820 e. The molecule has 0 bridgehead atoms. The quantitative estimate of drug-likeness (QED) is 0.862. The minimum Gasteiger partial charge on any atom is -0.388 e. The van der Waals surface area contributed by atoms with Gasteiger partial charge in [0, 0.05) is 4.47 Å². The van der Waals surface area contributed by atoms with Gasteiger partial charge in [0.25, 0.3) is 0 Å². The van der Waals surface area contributed by atoms with E-state index in [0.29, 0.717) is 11.8 Å². The molecule has 2 heteroatoms. The molecule has 0 amide bonds. The van der Waals surface area contributed by atoms with E-state index in [2.05, 4.69) is 22.9 Å². The van der Waals surface area contributed by atoms with Gasteiger partial charge in [-0.3, -0.25) is 0 Å². The molecule has 1 aliphatic rings. The highest BCUT2D eigenvalue weighted by atomic mass is 79.9. The summed E-state index contributed by atoms with van der Waals surface area (Å²) in [6.07, 6.45) is 3.41. The van der Waals surface area contributed by atoms with Crippen LogP contribution in [0.25, 0.3) is 0 Å². The van der Waals surface area contributed by atoms with Gasteiger partial charge in [-0.15, -0.1) is 0 Å². The predicted molar refractivity (Wildman–Crippen MR) is 65.6 cm³/mol. The molecule has 0 radical (unpaired) electrons. The van der Waals surface area contributed by atoms with E-state index in [0.717, 1.165) is 10.0 Å². The molecule has 0 spiro atoms. The van der Waals surface area contributed by atoms with Crippen molar-refractivity contribution in [2.75, 3.05) is 0 Å². The third-order valence-electron chi connectivity index (χ3n) is 3.54. The van der Waals surface area contributed by atoms with Gasteiger partial charge >= 0.3 is 0 Å². The van der Waals surface area contributed by atoms with Gasteiger partial charge in [-0.2, -0.15) is 0 Å². The number of rotatable bonds is 2. The zero-order chi connectivity index (χ0) is 10.8. The Balaban J connectivity index is 2.13. The molecule has 15 heavy (non-hydrogen) atoms. The number of halogens is 1. The zero-order valence-electron chi connectivity index (χ0n) is 8.99. The lowest BCUT2D eigenvalue weighted by atomic mass is 9.88. The average Bonchev–Trinajstić information content (AvgIpc) is 2.65. The number of hydrogen-bond donors (Lipinski definition) is 1. The molecule has 1 N–H and O–H groups in total. The SMILES string of the molecule is CC1CCCC1C(O)c1ccc(Br)cc1. The third-order valence-corrected chi connectivity index (χ3v) is 4.07. The second kappa shape index (κ2) is 4.67. The maximum Gasteiger partial charge on any atom is 0.0820 e. The summed E-state index contributed by atoms with van der Waals surface area (Å²) < 4.78 is 1.07. The van der Waals surface area contributed by atoms with Crippen molar-refractivity contribution in [3.8, 4) is 0 Å². The maximum atomic E-state index is 10.3. The average molecular weight is 269 g/mol. The first-order valence-corrected chi connectivity index (χ1v) is 6.41. The van der Waals surface area contributed by atoms with Crippen LogP contribution in [0.3, 0.4) is 0 Å². The lowest BCUT2D eigenvalue weighted by Gasteiger charge is -2.22. The zero-order valence-corrected chi connectivity index (χ0v) is 10.6. The van der Waals surface area contributed by atoms with Crippen LogP contribution < -0.4 is 0 Å². The largest absolute Gasteiger partial charge is 0.388 e. The van der Waals surface area contributed by atoms with Crippen molar-refractivity contribution in [2.24, 2.45) is 11.8 Å². The summed E-state index contributed by atoms with van der Waals surface area (Å²) in [5.41, 5.74) is 1.05. The maximum absolute atomic E-state index is 10.3. The monoisotopic (exact) mass is 268 g/mol. The van der Waals surface area contributed by atoms with Gasteiger partial charge in [0.05, 0.1) is 6.10 Å². The molecule has 0 aromatic heterocycles. The third kappa shape index (κ3) is 2.43. The molecule has 1 aliphatic carbocycles. The van der Waals surface area contributed by atoms with Crippen molar-refractivity contribution in [1.29, 1.82) is 0 Å². The van der Waals surface area contributed by atoms with E-state index in [1.165, 1.54) is 19.3 Å². The molecule has 2 rings (SSSR count). The normalized spacial score (nSPS) is 27.9. The van der Waals surface area contributed by atoms with Crippen molar-refractivity contribution >= 4 is 15.9 Å². The lowest BCUT2D eigenvalue weighted by molar-refractivity contribution is 0.0900. The van der Waals surface area contributed by atoms with Crippen LogP contribution in [0.1, 0.15) is 37.9 Å². The van der Waals surface area contributed by atoms with E-state index in [1.54, 1.807) is 0 Å². The summed E-state index contributed by atoms with van der Waals surface area (Å²) in [5, 5.41) is 10.3. The van der Waals surface area contributed by atoms with Crippen LogP contribution in [0.5, 0.6) is 0 Å². The molecule has 1 nitrogen and oxygen atoms in total. The Morgan fingerprint density at radius 2 is 1.93 bits per heavy atom.